The molecule has 0 saturated carbocycles. The second-order valence-corrected chi connectivity index (χ2v) is 4.28. The molecule has 0 aromatic heterocycles. The topological polar surface area (TPSA) is 52.5 Å². The minimum absolute atomic E-state index is 0.245. The molecule has 0 aliphatic heterocycles. The maximum Gasteiger partial charge on any atom is 0.0942 e. The van der Waals surface area contributed by atoms with Gasteiger partial charge < -0.3 is 15.5 Å². The molecule has 1 rings (SSSR count). The smallest absolute Gasteiger partial charge is 0.0942 e. The normalized spacial score (nSPS) is 12.6. The minimum Gasteiger partial charge on any atom is -0.394 e. The van der Waals surface area contributed by atoms with Crippen LogP contribution in [0.2, 0.25) is 0 Å². The summed E-state index contributed by atoms with van der Waals surface area (Å²) in [4.78, 5) is 0.796. The van der Waals surface area contributed by atoms with Gasteiger partial charge in [-0.25, -0.2) is 0 Å². The first kappa shape index (κ1) is 11.8. The van der Waals surface area contributed by atoms with Crippen LogP contribution in [0.25, 0.3) is 0 Å². The zero-order chi connectivity index (χ0) is 10.6. The van der Waals surface area contributed by atoms with E-state index in [0.29, 0.717) is 6.54 Å². The van der Waals surface area contributed by atoms with Crippen molar-refractivity contribution < 1.29 is 10.2 Å². The number of anilines is 1. The average Bonchev–Trinajstić information content (AvgIpc) is 2.16. The summed E-state index contributed by atoms with van der Waals surface area (Å²) in [5.74, 6) is 0. The Hall–Kier alpha value is -0.230. The van der Waals surface area contributed by atoms with Crippen molar-refractivity contribution in [3.8, 4) is 0 Å². The van der Waals surface area contributed by atoms with Crippen LogP contribution in [0.15, 0.2) is 27.6 Å². The molecule has 1 unspecified atom stereocenters. The van der Waals surface area contributed by atoms with Crippen molar-refractivity contribution in [1.29, 1.82) is 0 Å². The molecule has 0 spiro atoms. The Kier molecular flexibility index (Phi) is 4.74. The molecular weight excluding hydrogens is 266 g/mol. The molecular formula is C9H12BrNO2S. The molecule has 14 heavy (non-hydrogen) atoms. The summed E-state index contributed by atoms with van der Waals surface area (Å²) in [5, 5.41) is 20.7. The Labute approximate surface area is 96.7 Å². The van der Waals surface area contributed by atoms with Gasteiger partial charge in [-0.2, -0.15) is 0 Å². The van der Waals surface area contributed by atoms with Crippen LogP contribution in [0, 0.1) is 0 Å². The zero-order valence-electron chi connectivity index (χ0n) is 7.44. The molecule has 3 nitrogen and oxygen atoms in total. The molecule has 1 aromatic carbocycles. The van der Waals surface area contributed by atoms with Gasteiger partial charge in [0.1, 0.15) is 0 Å². The Balaban J connectivity index is 2.59. The monoisotopic (exact) mass is 277 g/mol. The van der Waals surface area contributed by atoms with Gasteiger partial charge in [-0.3, -0.25) is 0 Å². The van der Waals surface area contributed by atoms with Crippen LogP contribution in [0.1, 0.15) is 0 Å². The summed E-state index contributed by atoms with van der Waals surface area (Å²) in [6, 6.07) is 5.60. The van der Waals surface area contributed by atoms with Gasteiger partial charge in [0.2, 0.25) is 0 Å². The molecule has 0 aliphatic carbocycles. The van der Waals surface area contributed by atoms with Crippen molar-refractivity contribution in [3.05, 3.63) is 22.7 Å². The molecule has 78 valence electrons. The second kappa shape index (κ2) is 5.60. The number of halogens is 1. The molecule has 5 heteroatoms. The SMILES string of the molecule is OCC(O)CNc1ccc(Br)cc1S. The first-order chi connectivity index (χ1) is 6.63. The molecule has 0 saturated heterocycles. The maximum absolute atomic E-state index is 9.12. The fourth-order valence-corrected chi connectivity index (χ4v) is 1.78. The van der Waals surface area contributed by atoms with E-state index in [2.05, 4.69) is 33.9 Å². The van der Waals surface area contributed by atoms with Crippen LogP contribution in [0.3, 0.4) is 0 Å². The van der Waals surface area contributed by atoms with Gasteiger partial charge in [-0.1, -0.05) is 15.9 Å². The number of thiol groups is 1. The van der Waals surface area contributed by atoms with Crippen LogP contribution in [-0.2, 0) is 0 Å². The van der Waals surface area contributed by atoms with Crippen LogP contribution in [0.4, 0.5) is 5.69 Å². The summed E-state index contributed by atoms with van der Waals surface area (Å²) >= 11 is 7.59. The molecule has 0 bridgehead atoms. The van der Waals surface area contributed by atoms with E-state index in [1.807, 2.05) is 18.2 Å². The predicted octanol–water partition coefficient (Wildman–Crippen LogP) is 1.50. The van der Waals surface area contributed by atoms with Crippen molar-refractivity contribution >= 4 is 34.2 Å². The highest BCUT2D eigenvalue weighted by Gasteiger charge is 2.03. The van der Waals surface area contributed by atoms with E-state index >= 15 is 0 Å². The summed E-state index contributed by atoms with van der Waals surface area (Å²) in [7, 11) is 0. The van der Waals surface area contributed by atoms with E-state index in [4.69, 9.17) is 10.2 Å². The number of nitrogens with one attached hydrogen (secondary N) is 1. The summed E-state index contributed by atoms with van der Waals surface area (Å²) in [6.07, 6.45) is -0.744. The van der Waals surface area contributed by atoms with E-state index in [1.54, 1.807) is 0 Å². The highest BCUT2D eigenvalue weighted by Crippen LogP contribution is 2.23. The zero-order valence-corrected chi connectivity index (χ0v) is 9.92. The third-order valence-corrected chi connectivity index (χ3v) is 2.56. The standard InChI is InChI=1S/C9H12BrNO2S/c10-6-1-2-8(9(14)3-6)11-4-7(13)5-12/h1-3,7,11-14H,4-5H2. The van der Waals surface area contributed by atoms with Crippen LogP contribution < -0.4 is 5.32 Å². The van der Waals surface area contributed by atoms with E-state index in [1.165, 1.54) is 0 Å². The summed E-state index contributed by atoms with van der Waals surface area (Å²) < 4.78 is 0.954. The largest absolute Gasteiger partial charge is 0.394 e. The van der Waals surface area contributed by atoms with Gasteiger partial charge in [0.25, 0.3) is 0 Å². The van der Waals surface area contributed by atoms with Gasteiger partial charge in [0.05, 0.1) is 12.7 Å². The highest BCUT2D eigenvalue weighted by molar-refractivity contribution is 9.10. The molecule has 0 amide bonds. The van der Waals surface area contributed by atoms with Crippen molar-refractivity contribution in [3.63, 3.8) is 0 Å². The van der Waals surface area contributed by atoms with Gasteiger partial charge >= 0.3 is 0 Å². The quantitative estimate of drug-likeness (QED) is 0.631. The maximum atomic E-state index is 9.12. The summed E-state index contributed by atoms with van der Waals surface area (Å²) in [5.41, 5.74) is 0.837. The van der Waals surface area contributed by atoms with Crippen molar-refractivity contribution in [1.82, 2.24) is 0 Å². The second-order valence-electron chi connectivity index (χ2n) is 2.88. The first-order valence-electron chi connectivity index (χ1n) is 4.15. The molecule has 0 heterocycles. The number of aliphatic hydroxyl groups is 2. The lowest BCUT2D eigenvalue weighted by Gasteiger charge is -2.11. The van der Waals surface area contributed by atoms with Gasteiger partial charge in [-0.15, -0.1) is 12.6 Å². The average molecular weight is 278 g/mol. The molecule has 3 N–H and O–H groups in total. The molecule has 0 radical (unpaired) electrons. The lowest BCUT2D eigenvalue weighted by molar-refractivity contribution is 0.105. The van der Waals surface area contributed by atoms with E-state index in [-0.39, 0.29) is 6.61 Å². The number of hydrogen-bond acceptors (Lipinski definition) is 4. The highest BCUT2D eigenvalue weighted by atomic mass is 79.9. The Morgan fingerprint density at radius 1 is 1.50 bits per heavy atom. The van der Waals surface area contributed by atoms with Crippen LogP contribution in [0.5, 0.6) is 0 Å². The van der Waals surface area contributed by atoms with E-state index in [9.17, 15) is 0 Å². The van der Waals surface area contributed by atoms with E-state index < -0.39 is 6.10 Å². The Morgan fingerprint density at radius 2 is 2.21 bits per heavy atom. The fourth-order valence-electron chi connectivity index (χ4n) is 0.947. The van der Waals surface area contributed by atoms with Crippen molar-refractivity contribution in [2.45, 2.75) is 11.0 Å². The lowest BCUT2D eigenvalue weighted by Crippen LogP contribution is -2.23. The number of benzene rings is 1. The van der Waals surface area contributed by atoms with Crippen LogP contribution in [-0.4, -0.2) is 29.5 Å². The van der Waals surface area contributed by atoms with E-state index in [0.717, 1.165) is 15.1 Å². The fraction of sp³-hybridized carbons (Fsp3) is 0.333. The third-order valence-electron chi connectivity index (χ3n) is 1.70. The Morgan fingerprint density at radius 3 is 2.79 bits per heavy atom. The van der Waals surface area contributed by atoms with Gasteiger partial charge in [-0.05, 0) is 18.2 Å². The van der Waals surface area contributed by atoms with Gasteiger partial charge in [0.15, 0.2) is 0 Å². The van der Waals surface area contributed by atoms with Crippen molar-refractivity contribution in [2.24, 2.45) is 0 Å². The Bertz CT molecular complexity index is 309. The molecule has 0 aliphatic rings. The number of hydrogen-bond donors (Lipinski definition) is 4. The number of aliphatic hydroxyl groups excluding tert-OH is 2. The molecule has 1 atom stereocenters. The third kappa shape index (κ3) is 3.49. The summed E-state index contributed by atoms with van der Waals surface area (Å²) in [6.45, 7) is 0.0666. The lowest BCUT2D eigenvalue weighted by atomic mass is 10.3. The van der Waals surface area contributed by atoms with Crippen molar-refractivity contribution in [2.75, 3.05) is 18.5 Å². The van der Waals surface area contributed by atoms with Gasteiger partial charge in [0, 0.05) is 21.6 Å². The molecule has 0 fully saturated rings. The predicted molar refractivity (Wildman–Crippen MR) is 63.0 cm³/mol. The first-order valence-corrected chi connectivity index (χ1v) is 5.39. The van der Waals surface area contributed by atoms with Crippen LogP contribution >= 0.6 is 28.6 Å². The molecule has 1 aromatic rings. The minimum atomic E-state index is -0.744. The number of rotatable bonds is 4.